The molecular weight excluding hydrogens is 252 g/mol. The molecule has 0 aliphatic heterocycles. The molecular formula is C16H30N2O2. The lowest BCUT2D eigenvalue weighted by Gasteiger charge is -2.25. The predicted octanol–water partition coefficient (Wildman–Crippen LogP) is 2.19. The molecule has 4 nitrogen and oxygen atoms in total. The maximum absolute atomic E-state index is 11.8. The van der Waals surface area contributed by atoms with Gasteiger partial charge < -0.3 is 10.6 Å². The van der Waals surface area contributed by atoms with Crippen LogP contribution in [0.2, 0.25) is 0 Å². The molecule has 2 amide bonds. The average Bonchev–Trinajstić information content (AvgIpc) is 3.05. The summed E-state index contributed by atoms with van der Waals surface area (Å²) in [6, 6.07) is 0. The van der Waals surface area contributed by atoms with E-state index >= 15 is 0 Å². The highest BCUT2D eigenvalue weighted by atomic mass is 16.2. The Balaban J connectivity index is 2.15. The molecule has 0 spiro atoms. The van der Waals surface area contributed by atoms with E-state index < -0.39 is 0 Å². The molecule has 0 aromatic rings. The first-order valence-electron chi connectivity index (χ1n) is 7.87. The summed E-state index contributed by atoms with van der Waals surface area (Å²) in [7, 11) is 0. The van der Waals surface area contributed by atoms with Gasteiger partial charge in [0.25, 0.3) is 0 Å². The second kappa shape index (κ2) is 7.65. The molecule has 1 rings (SSSR count). The van der Waals surface area contributed by atoms with Crippen LogP contribution in [-0.2, 0) is 9.59 Å². The molecule has 0 heterocycles. The summed E-state index contributed by atoms with van der Waals surface area (Å²) in [6.45, 7) is 12.0. The number of hydrogen-bond donors (Lipinski definition) is 2. The first kappa shape index (κ1) is 17.0. The van der Waals surface area contributed by atoms with Crippen molar-refractivity contribution in [1.29, 1.82) is 0 Å². The molecule has 0 bridgehead atoms. The molecule has 1 aliphatic rings. The lowest BCUT2D eigenvalue weighted by molar-refractivity contribution is -0.123. The van der Waals surface area contributed by atoms with Crippen molar-refractivity contribution < 1.29 is 9.59 Å². The fourth-order valence-corrected chi connectivity index (χ4v) is 2.68. The van der Waals surface area contributed by atoms with Gasteiger partial charge in [-0.2, -0.15) is 0 Å². The van der Waals surface area contributed by atoms with Crippen molar-refractivity contribution in [3.05, 3.63) is 0 Å². The van der Waals surface area contributed by atoms with E-state index in [0.717, 1.165) is 13.0 Å². The van der Waals surface area contributed by atoms with Crippen molar-refractivity contribution in [2.75, 3.05) is 13.1 Å². The van der Waals surface area contributed by atoms with Crippen molar-refractivity contribution in [1.82, 2.24) is 10.6 Å². The van der Waals surface area contributed by atoms with Crippen LogP contribution >= 0.6 is 0 Å². The van der Waals surface area contributed by atoms with Crippen molar-refractivity contribution in [3.8, 4) is 0 Å². The van der Waals surface area contributed by atoms with Crippen LogP contribution in [0.3, 0.4) is 0 Å². The zero-order chi connectivity index (χ0) is 15.3. The Morgan fingerprint density at radius 2 is 1.65 bits per heavy atom. The van der Waals surface area contributed by atoms with E-state index in [-0.39, 0.29) is 17.7 Å². The Labute approximate surface area is 123 Å². The molecule has 2 N–H and O–H groups in total. The zero-order valence-corrected chi connectivity index (χ0v) is 13.5. The topological polar surface area (TPSA) is 58.2 Å². The molecule has 1 saturated carbocycles. The van der Waals surface area contributed by atoms with Crippen molar-refractivity contribution in [2.45, 2.75) is 47.5 Å². The number of carbonyl (C=O) groups excluding carboxylic acids is 2. The van der Waals surface area contributed by atoms with Crippen LogP contribution in [0.25, 0.3) is 0 Å². The molecule has 1 fully saturated rings. The van der Waals surface area contributed by atoms with E-state index in [1.54, 1.807) is 0 Å². The molecule has 0 radical (unpaired) electrons. The van der Waals surface area contributed by atoms with Crippen LogP contribution in [0.15, 0.2) is 0 Å². The van der Waals surface area contributed by atoms with E-state index in [4.69, 9.17) is 0 Å². The van der Waals surface area contributed by atoms with Crippen LogP contribution in [0.4, 0.5) is 0 Å². The summed E-state index contributed by atoms with van der Waals surface area (Å²) in [6.07, 6.45) is 1.36. The predicted molar refractivity (Wildman–Crippen MR) is 81.1 cm³/mol. The van der Waals surface area contributed by atoms with E-state index in [1.165, 1.54) is 0 Å². The van der Waals surface area contributed by atoms with Crippen LogP contribution in [0.1, 0.15) is 47.5 Å². The normalized spacial score (nSPS) is 21.4. The number of rotatable bonds is 8. The van der Waals surface area contributed by atoms with Gasteiger partial charge in [-0.25, -0.2) is 0 Å². The Morgan fingerprint density at radius 1 is 1.10 bits per heavy atom. The summed E-state index contributed by atoms with van der Waals surface area (Å²) in [5.74, 6) is 2.46. The molecule has 2 atom stereocenters. The van der Waals surface area contributed by atoms with Crippen LogP contribution in [-0.4, -0.2) is 24.9 Å². The molecule has 4 heteroatoms. The minimum absolute atomic E-state index is 0.0282. The third-order valence-electron chi connectivity index (χ3n) is 4.35. The van der Waals surface area contributed by atoms with Crippen molar-refractivity contribution in [2.24, 2.45) is 29.6 Å². The Hall–Kier alpha value is -1.06. The number of amides is 2. The lowest BCUT2D eigenvalue weighted by atomic mass is 9.85. The van der Waals surface area contributed by atoms with Gasteiger partial charge in [0.1, 0.15) is 0 Å². The highest BCUT2D eigenvalue weighted by Crippen LogP contribution is 2.37. The molecule has 116 valence electrons. The maximum Gasteiger partial charge on any atom is 0.223 e. The minimum Gasteiger partial charge on any atom is -0.356 e. The molecule has 2 unspecified atom stereocenters. The number of hydrogen-bond acceptors (Lipinski definition) is 2. The summed E-state index contributed by atoms with van der Waals surface area (Å²) in [5.41, 5.74) is 0. The molecule has 0 aromatic heterocycles. The van der Waals surface area contributed by atoms with Gasteiger partial charge in [0, 0.05) is 25.4 Å². The Morgan fingerprint density at radius 3 is 2.10 bits per heavy atom. The smallest absolute Gasteiger partial charge is 0.223 e. The number of carbonyl (C=O) groups is 2. The van der Waals surface area contributed by atoms with Gasteiger partial charge in [0.05, 0.1) is 0 Å². The zero-order valence-electron chi connectivity index (χ0n) is 13.5. The SMILES string of the molecule is CC(C)C(CNC(=O)CCNC(=O)C1CC1C)C(C)C. The van der Waals surface area contributed by atoms with Crippen molar-refractivity contribution in [3.63, 3.8) is 0 Å². The van der Waals surface area contributed by atoms with Gasteiger partial charge in [-0.15, -0.1) is 0 Å². The van der Waals surface area contributed by atoms with E-state index in [9.17, 15) is 9.59 Å². The van der Waals surface area contributed by atoms with E-state index in [2.05, 4.69) is 45.3 Å². The molecule has 20 heavy (non-hydrogen) atoms. The van der Waals surface area contributed by atoms with Gasteiger partial charge in [-0.1, -0.05) is 34.6 Å². The monoisotopic (exact) mass is 282 g/mol. The lowest BCUT2D eigenvalue weighted by Crippen LogP contribution is -2.36. The van der Waals surface area contributed by atoms with Gasteiger partial charge in [-0.05, 0) is 30.1 Å². The fourth-order valence-electron chi connectivity index (χ4n) is 2.68. The summed E-state index contributed by atoms with van der Waals surface area (Å²) >= 11 is 0. The van der Waals surface area contributed by atoms with Crippen LogP contribution in [0, 0.1) is 29.6 Å². The van der Waals surface area contributed by atoms with Crippen LogP contribution in [0.5, 0.6) is 0 Å². The van der Waals surface area contributed by atoms with E-state index in [0.29, 0.717) is 36.6 Å². The first-order valence-corrected chi connectivity index (χ1v) is 7.87. The Kier molecular flexibility index (Phi) is 6.50. The summed E-state index contributed by atoms with van der Waals surface area (Å²) in [4.78, 5) is 23.4. The third-order valence-corrected chi connectivity index (χ3v) is 4.35. The Bertz CT molecular complexity index is 331. The quantitative estimate of drug-likeness (QED) is 0.717. The van der Waals surface area contributed by atoms with Gasteiger partial charge in [0.15, 0.2) is 0 Å². The second-order valence-electron chi connectivity index (χ2n) is 6.82. The average molecular weight is 282 g/mol. The first-order chi connectivity index (χ1) is 9.32. The molecule has 1 aliphatic carbocycles. The van der Waals surface area contributed by atoms with Gasteiger partial charge >= 0.3 is 0 Å². The largest absolute Gasteiger partial charge is 0.356 e. The minimum atomic E-state index is 0.0282. The highest BCUT2D eigenvalue weighted by molar-refractivity contribution is 5.82. The van der Waals surface area contributed by atoms with Gasteiger partial charge in [-0.3, -0.25) is 9.59 Å². The molecule has 0 saturated heterocycles. The van der Waals surface area contributed by atoms with E-state index in [1.807, 2.05) is 0 Å². The third kappa shape index (κ3) is 5.51. The second-order valence-corrected chi connectivity index (χ2v) is 6.82. The summed E-state index contributed by atoms with van der Waals surface area (Å²) in [5, 5.41) is 5.82. The fraction of sp³-hybridized carbons (Fsp3) is 0.875. The van der Waals surface area contributed by atoms with Gasteiger partial charge in [0.2, 0.25) is 11.8 Å². The molecule has 0 aromatic carbocycles. The highest BCUT2D eigenvalue weighted by Gasteiger charge is 2.38. The summed E-state index contributed by atoms with van der Waals surface area (Å²) < 4.78 is 0. The van der Waals surface area contributed by atoms with Crippen molar-refractivity contribution >= 4 is 11.8 Å². The van der Waals surface area contributed by atoms with Crippen LogP contribution < -0.4 is 10.6 Å². The standard InChI is InChI=1S/C16H30N2O2/c1-10(2)14(11(3)4)9-18-15(19)6-7-17-16(20)13-8-12(13)5/h10-14H,6-9H2,1-5H3,(H,17,20)(H,18,19). The maximum atomic E-state index is 11.8. The number of nitrogens with one attached hydrogen (secondary N) is 2.